The minimum Gasteiger partial charge on any atom is -0.507 e. The summed E-state index contributed by atoms with van der Waals surface area (Å²) in [6.07, 6.45) is 8.15. The van der Waals surface area contributed by atoms with Crippen molar-refractivity contribution in [3.8, 4) is 5.75 Å². The predicted octanol–water partition coefficient (Wildman–Crippen LogP) is 5.53. The van der Waals surface area contributed by atoms with Gasteiger partial charge in [0.1, 0.15) is 5.75 Å². The number of carbonyl (C=O) groups excluding carboxylic acids is 1. The van der Waals surface area contributed by atoms with E-state index in [1.54, 1.807) is 18.2 Å². The van der Waals surface area contributed by atoms with Gasteiger partial charge in [-0.2, -0.15) is 0 Å². The fraction of sp³-hybridized carbons (Fsp3) is 0.381. The van der Waals surface area contributed by atoms with Gasteiger partial charge in [-0.3, -0.25) is 4.79 Å². The highest BCUT2D eigenvalue weighted by Crippen LogP contribution is 2.26. The van der Waals surface area contributed by atoms with Gasteiger partial charge in [0.15, 0.2) is 5.78 Å². The Balaban J connectivity index is 1.99. The Labute approximate surface area is 139 Å². The summed E-state index contributed by atoms with van der Waals surface area (Å²) in [5.74, 6) is 0.0304. The number of aryl methyl sites for hydroxylation is 1. The molecule has 0 spiro atoms. The number of rotatable bonds is 9. The molecule has 2 nitrogen and oxygen atoms in total. The van der Waals surface area contributed by atoms with Crippen LogP contribution in [0, 0.1) is 0 Å². The number of unbranched alkanes of at least 4 members (excludes halogenated alkanes) is 5. The molecule has 0 atom stereocenters. The summed E-state index contributed by atoms with van der Waals surface area (Å²) in [4.78, 5) is 12.5. The lowest BCUT2D eigenvalue weighted by Crippen LogP contribution is -2.03. The van der Waals surface area contributed by atoms with Crippen LogP contribution in [0.15, 0.2) is 48.5 Å². The number of benzene rings is 2. The van der Waals surface area contributed by atoms with Crippen molar-refractivity contribution in [1.29, 1.82) is 0 Å². The number of carbonyl (C=O) groups is 1. The topological polar surface area (TPSA) is 37.3 Å². The Morgan fingerprint density at radius 3 is 2.30 bits per heavy atom. The summed E-state index contributed by atoms with van der Waals surface area (Å²) < 4.78 is 0. The molecule has 2 aromatic carbocycles. The van der Waals surface area contributed by atoms with Gasteiger partial charge in [-0.15, -0.1) is 0 Å². The summed E-state index contributed by atoms with van der Waals surface area (Å²) in [7, 11) is 0. The molecule has 0 unspecified atom stereocenters. The summed E-state index contributed by atoms with van der Waals surface area (Å²) in [6, 6.07) is 14.6. The van der Waals surface area contributed by atoms with Crippen LogP contribution in [0.3, 0.4) is 0 Å². The monoisotopic (exact) mass is 310 g/mol. The Morgan fingerprint density at radius 1 is 0.870 bits per heavy atom. The van der Waals surface area contributed by atoms with Crippen LogP contribution >= 0.6 is 0 Å². The second kappa shape index (κ2) is 9.14. The van der Waals surface area contributed by atoms with Crippen LogP contribution in [0.5, 0.6) is 5.75 Å². The lowest BCUT2D eigenvalue weighted by molar-refractivity contribution is 0.103. The minimum absolute atomic E-state index is 0.118. The van der Waals surface area contributed by atoms with Crippen LogP contribution in [0.25, 0.3) is 0 Å². The fourth-order valence-electron chi connectivity index (χ4n) is 2.82. The summed E-state index contributed by atoms with van der Waals surface area (Å²) in [6.45, 7) is 2.22. The zero-order valence-electron chi connectivity index (χ0n) is 13.9. The standard InChI is InChI=1S/C21H26O2/c1-2-3-4-5-6-8-12-18-15-11-16-19(21(18)23)20(22)17-13-9-7-10-14-17/h7,9-11,13-16,23H,2-6,8,12H2,1H3. The van der Waals surface area contributed by atoms with Crippen LogP contribution in [-0.2, 0) is 6.42 Å². The summed E-state index contributed by atoms with van der Waals surface area (Å²) in [5, 5.41) is 10.4. The highest BCUT2D eigenvalue weighted by atomic mass is 16.3. The van der Waals surface area contributed by atoms with E-state index in [-0.39, 0.29) is 11.5 Å². The number of phenolic OH excluding ortho intramolecular Hbond substituents is 1. The molecule has 0 saturated heterocycles. The third kappa shape index (κ3) is 4.95. The van der Waals surface area contributed by atoms with Crippen molar-refractivity contribution < 1.29 is 9.90 Å². The Bertz CT molecular complexity index is 617. The fourth-order valence-corrected chi connectivity index (χ4v) is 2.82. The first-order valence-electron chi connectivity index (χ1n) is 8.64. The minimum atomic E-state index is -0.118. The predicted molar refractivity (Wildman–Crippen MR) is 95.1 cm³/mol. The number of aromatic hydroxyl groups is 1. The zero-order chi connectivity index (χ0) is 16.5. The number of phenols is 1. The van der Waals surface area contributed by atoms with Crippen molar-refractivity contribution in [3.63, 3.8) is 0 Å². The Hall–Kier alpha value is -2.09. The second-order valence-electron chi connectivity index (χ2n) is 6.03. The molecule has 0 heterocycles. The molecule has 0 fully saturated rings. The van der Waals surface area contributed by atoms with Gasteiger partial charge >= 0.3 is 0 Å². The van der Waals surface area contributed by atoms with Crippen LogP contribution in [0.4, 0.5) is 0 Å². The summed E-state index contributed by atoms with van der Waals surface area (Å²) >= 11 is 0. The van der Waals surface area contributed by atoms with Gasteiger partial charge in [-0.25, -0.2) is 0 Å². The molecular formula is C21H26O2. The normalized spacial score (nSPS) is 10.7. The molecule has 122 valence electrons. The Morgan fingerprint density at radius 2 is 1.57 bits per heavy atom. The molecule has 0 aromatic heterocycles. The maximum absolute atomic E-state index is 12.5. The van der Waals surface area contributed by atoms with Crippen molar-refractivity contribution >= 4 is 5.78 Å². The highest BCUT2D eigenvalue weighted by Gasteiger charge is 2.15. The lowest BCUT2D eigenvalue weighted by atomic mass is 9.97. The zero-order valence-corrected chi connectivity index (χ0v) is 13.9. The van der Waals surface area contributed by atoms with E-state index in [9.17, 15) is 9.90 Å². The molecule has 1 N–H and O–H groups in total. The molecule has 23 heavy (non-hydrogen) atoms. The van der Waals surface area contributed by atoms with Gasteiger partial charge in [0.2, 0.25) is 0 Å². The van der Waals surface area contributed by atoms with E-state index in [4.69, 9.17) is 0 Å². The number of ketones is 1. The first-order chi connectivity index (χ1) is 11.2. The first kappa shape index (κ1) is 17.3. The van der Waals surface area contributed by atoms with E-state index < -0.39 is 0 Å². The molecule has 0 amide bonds. The maximum Gasteiger partial charge on any atom is 0.196 e. The van der Waals surface area contributed by atoms with E-state index in [0.717, 1.165) is 18.4 Å². The molecule has 0 bridgehead atoms. The van der Waals surface area contributed by atoms with Crippen molar-refractivity contribution in [1.82, 2.24) is 0 Å². The molecule has 0 aliphatic carbocycles. The third-order valence-electron chi connectivity index (χ3n) is 4.20. The van der Waals surface area contributed by atoms with E-state index in [1.165, 1.54) is 32.1 Å². The maximum atomic E-state index is 12.5. The molecule has 0 aliphatic rings. The van der Waals surface area contributed by atoms with E-state index in [1.807, 2.05) is 30.3 Å². The Kier molecular flexibility index (Phi) is 6.86. The first-order valence-corrected chi connectivity index (χ1v) is 8.64. The third-order valence-corrected chi connectivity index (χ3v) is 4.20. The van der Waals surface area contributed by atoms with Gasteiger partial charge in [0.05, 0.1) is 5.56 Å². The van der Waals surface area contributed by atoms with Crippen molar-refractivity contribution in [3.05, 3.63) is 65.2 Å². The molecular weight excluding hydrogens is 284 g/mol. The van der Waals surface area contributed by atoms with Gasteiger partial charge in [-0.1, -0.05) is 81.5 Å². The highest BCUT2D eigenvalue weighted by molar-refractivity contribution is 6.10. The number of para-hydroxylation sites is 1. The van der Waals surface area contributed by atoms with E-state index >= 15 is 0 Å². The smallest absolute Gasteiger partial charge is 0.196 e. The molecule has 0 aliphatic heterocycles. The lowest BCUT2D eigenvalue weighted by Gasteiger charge is -2.09. The average molecular weight is 310 g/mol. The van der Waals surface area contributed by atoms with Gasteiger partial charge in [-0.05, 0) is 24.5 Å². The number of hydrogen-bond donors (Lipinski definition) is 1. The molecule has 2 rings (SSSR count). The summed E-state index contributed by atoms with van der Waals surface area (Å²) in [5.41, 5.74) is 1.89. The second-order valence-corrected chi connectivity index (χ2v) is 6.03. The van der Waals surface area contributed by atoms with E-state index in [0.29, 0.717) is 11.1 Å². The number of hydrogen-bond acceptors (Lipinski definition) is 2. The van der Waals surface area contributed by atoms with Crippen LogP contribution < -0.4 is 0 Å². The van der Waals surface area contributed by atoms with Crippen LogP contribution in [-0.4, -0.2) is 10.9 Å². The average Bonchev–Trinajstić information content (AvgIpc) is 2.59. The van der Waals surface area contributed by atoms with Crippen molar-refractivity contribution in [2.45, 2.75) is 51.9 Å². The van der Waals surface area contributed by atoms with Crippen molar-refractivity contribution in [2.75, 3.05) is 0 Å². The molecule has 2 aromatic rings. The van der Waals surface area contributed by atoms with Crippen molar-refractivity contribution in [2.24, 2.45) is 0 Å². The van der Waals surface area contributed by atoms with Gasteiger partial charge < -0.3 is 5.11 Å². The molecule has 0 saturated carbocycles. The van der Waals surface area contributed by atoms with Crippen LogP contribution in [0.1, 0.15) is 66.9 Å². The molecule has 2 heteroatoms. The quantitative estimate of drug-likeness (QED) is 0.488. The van der Waals surface area contributed by atoms with Gasteiger partial charge in [0, 0.05) is 5.56 Å². The van der Waals surface area contributed by atoms with E-state index in [2.05, 4.69) is 6.92 Å². The van der Waals surface area contributed by atoms with Crippen LogP contribution in [0.2, 0.25) is 0 Å². The molecule has 0 radical (unpaired) electrons. The van der Waals surface area contributed by atoms with Gasteiger partial charge in [0.25, 0.3) is 0 Å². The largest absolute Gasteiger partial charge is 0.507 e. The SMILES string of the molecule is CCCCCCCCc1cccc(C(=O)c2ccccc2)c1O.